The summed E-state index contributed by atoms with van der Waals surface area (Å²) in [6.45, 7) is 3.97. The molecule has 0 N–H and O–H groups in total. The Morgan fingerprint density at radius 2 is 2.27 bits per heavy atom. The normalized spacial score (nSPS) is 9.64. The standard InChI is InChI=1S/C9H10OS/c1-4-8-5-11-6-9(8)10-7(2)3/h1,5-7H,2-3H3. The van der Waals surface area contributed by atoms with Crippen molar-refractivity contribution in [2.45, 2.75) is 20.0 Å². The average Bonchev–Trinajstić information content (AvgIpc) is 2.34. The van der Waals surface area contributed by atoms with Crippen LogP contribution in [0.4, 0.5) is 0 Å². The molecule has 1 heterocycles. The summed E-state index contributed by atoms with van der Waals surface area (Å²) in [5.41, 5.74) is 0.851. The molecule has 0 aliphatic rings. The third-order valence-corrected chi connectivity index (χ3v) is 1.87. The first-order chi connectivity index (χ1) is 5.24. The van der Waals surface area contributed by atoms with Crippen molar-refractivity contribution in [1.29, 1.82) is 0 Å². The van der Waals surface area contributed by atoms with Crippen LogP contribution >= 0.6 is 11.3 Å². The van der Waals surface area contributed by atoms with Crippen LogP contribution in [0.25, 0.3) is 0 Å². The summed E-state index contributed by atoms with van der Waals surface area (Å²) in [6, 6.07) is 0. The summed E-state index contributed by atoms with van der Waals surface area (Å²) in [5, 5.41) is 3.84. The van der Waals surface area contributed by atoms with Crippen LogP contribution in [0.1, 0.15) is 19.4 Å². The van der Waals surface area contributed by atoms with Gasteiger partial charge < -0.3 is 4.74 Å². The second-order valence-corrected chi connectivity index (χ2v) is 3.20. The van der Waals surface area contributed by atoms with Gasteiger partial charge in [0.1, 0.15) is 5.75 Å². The molecule has 0 amide bonds. The van der Waals surface area contributed by atoms with Gasteiger partial charge in [-0.2, -0.15) is 0 Å². The third-order valence-electron chi connectivity index (χ3n) is 1.14. The highest BCUT2D eigenvalue weighted by atomic mass is 32.1. The lowest BCUT2D eigenvalue weighted by molar-refractivity contribution is 0.243. The average molecular weight is 166 g/mol. The first-order valence-electron chi connectivity index (χ1n) is 3.43. The van der Waals surface area contributed by atoms with E-state index in [1.54, 1.807) is 11.3 Å². The zero-order valence-electron chi connectivity index (χ0n) is 6.63. The zero-order chi connectivity index (χ0) is 8.27. The van der Waals surface area contributed by atoms with Crippen LogP contribution in [0.15, 0.2) is 10.8 Å². The summed E-state index contributed by atoms with van der Waals surface area (Å²) < 4.78 is 5.44. The Hall–Kier alpha value is -0.940. The second kappa shape index (κ2) is 3.45. The lowest BCUT2D eigenvalue weighted by atomic mass is 10.3. The van der Waals surface area contributed by atoms with E-state index in [0.29, 0.717) is 0 Å². The van der Waals surface area contributed by atoms with Crippen LogP contribution in [-0.4, -0.2) is 6.10 Å². The van der Waals surface area contributed by atoms with Crippen LogP contribution in [0, 0.1) is 12.3 Å². The number of thiophene rings is 1. The van der Waals surface area contributed by atoms with Gasteiger partial charge in [-0.05, 0) is 13.8 Å². The summed E-state index contributed by atoms with van der Waals surface area (Å²) in [6.07, 6.45) is 5.44. The largest absolute Gasteiger partial charge is 0.489 e. The number of hydrogen-bond donors (Lipinski definition) is 0. The molecule has 58 valence electrons. The maximum Gasteiger partial charge on any atom is 0.145 e. The predicted octanol–water partition coefficient (Wildman–Crippen LogP) is 2.52. The van der Waals surface area contributed by atoms with Gasteiger partial charge in [0, 0.05) is 10.8 Å². The van der Waals surface area contributed by atoms with Crippen molar-refractivity contribution in [3.63, 3.8) is 0 Å². The van der Waals surface area contributed by atoms with Crippen LogP contribution in [0.2, 0.25) is 0 Å². The van der Waals surface area contributed by atoms with Crippen molar-refractivity contribution in [3.8, 4) is 18.1 Å². The van der Waals surface area contributed by atoms with E-state index in [1.165, 1.54) is 0 Å². The summed E-state index contributed by atoms with van der Waals surface area (Å²) >= 11 is 1.57. The van der Waals surface area contributed by atoms with Crippen LogP contribution in [-0.2, 0) is 0 Å². The Balaban J connectivity index is 2.79. The molecule has 0 bridgehead atoms. The maximum atomic E-state index is 5.44. The van der Waals surface area contributed by atoms with Crippen LogP contribution < -0.4 is 4.74 Å². The topological polar surface area (TPSA) is 9.23 Å². The van der Waals surface area contributed by atoms with E-state index in [-0.39, 0.29) is 6.10 Å². The maximum absolute atomic E-state index is 5.44. The Bertz CT molecular complexity index is 267. The van der Waals surface area contributed by atoms with Gasteiger partial charge >= 0.3 is 0 Å². The van der Waals surface area contributed by atoms with Gasteiger partial charge in [-0.15, -0.1) is 17.8 Å². The van der Waals surface area contributed by atoms with Gasteiger partial charge in [0.05, 0.1) is 11.7 Å². The highest BCUT2D eigenvalue weighted by molar-refractivity contribution is 7.08. The van der Waals surface area contributed by atoms with Gasteiger partial charge in [-0.25, -0.2) is 0 Å². The molecule has 1 nitrogen and oxygen atoms in total. The lowest BCUT2D eigenvalue weighted by Crippen LogP contribution is -2.05. The van der Waals surface area contributed by atoms with E-state index in [0.717, 1.165) is 11.3 Å². The van der Waals surface area contributed by atoms with E-state index in [1.807, 2.05) is 24.6 Å². The molecule has 0 spiro atoms. The highest BCUT2D eigenvalue weighted by Gasteiger charge is 2.03. The molecular weight excluding hydrogens is 156 g/mol. The molecule has 0 fully saturated rings. The van der Waals surface area contributed by atoms with Crippen molar-refractivity contribution in [1.82, 2.24) is 0 Å². The summed E-state index contributed by atoms with van der Waals surface area (Å²) in [7, 11) is 0. The van der Waals surface area contributed by atoms with E-state index in [9.17, 15) is 0 Å². The number of rotatable bonds is 2. The molecule has 11 heavy (non-hydrogen) atoms. The quantitative estimate of drug-likeness (QED) is 0.613. The minimum absolute atomic E-state index is 0.191. The molecular formula is C9H10OS. The lowest BCUT2D eigenvalue weighted by Gasteiger charge is -2.07. The van der Waals surface area contributed by atoms with Gasteiger partial charge in [-0.3, -0.25) is 0 Å². The Kier molecular flexibility index (Phi) is 2.56. The first kappa shape index (κ1) is 8.16. The fourth-order valence-corrected chi connectivity index (χ4v) is 1.43. The number of ether oxygens (including phenoxy) is 1. The molecule has 0 radical (unpaired) electrons. The Labute approximate surface area is 71.0 Å². The molecule has 0 saturated carbocycles. The highest BCUT2D eigenvalue weighted by Crippen LogP contribution is 2.23. The van der Waals surface area contributed by atoms with E-state index in [4.69, 9.17) is 11.2 Å². The molecule has 1 rings (SSSR count). The minimum Gasteiger partial charge on any atom is -0.489 e. The smallest absolute Gasteiger partial charge is 0.145 e. The van der Waals surface area contributed by atoms with Crippen molar-refractivity contribution in [3.05, 3.63) is 16.3 Å². The van der Waals surface area contributed by atoms with Gasteiger partial charge in [0.2, 0.25) is 0 Å². The summed E-state index contributed by atoms with van der Waals surface area (Å²) in [5.74, 6) is 3.39. The fourth-order valence-electron chi connectivity index (χ4n) is 0.736. The molecule has 0 unspecified atom stereocenters. The molecule has 0 aliphatic carbocycles. The first-order valence-corrected chi connectivity index (χ1v) is 4.37. The molecule has 0 aromatic carbocycles. The SMILES string of the molecule is C#Cc1cscc1OC(C)C. The molecule has 0 aliphatic heterocycles. The Morgan fingerprint density at radius 1 is 1.55 bits per heavy atom. The fraction of sp³-hybridized carbons (Fsp3) is 0.333. The second-order valence-electron chi connectivity index (χ2n) is 2.46. The molecule has 2 heteroatoms. The van der Waals surface area contributed by atoms with Crippen LogP contribution in [0.5, 0.6) is 5.75 Å². The minimum atomic E-state index is 0.191. The van der Waals surface area contributed by atoms with Crippen molar-refractivity contribution >= 4 is 11.3 Å². The van der Waals surface area contributed by atoms with Gasteiger partial charge in [0.25, 0.3) is 0 Å². The predicted molar refractivity (Wildman–Crippen MR) is 48.0 cm³/mol. The molecule has 0 atom stereocenters. The van der Waals surface area contributed by atoms with Crippen molar-refractivity contribution in [2.75, 3.05) is 0 Å². The molecule has 1 aromatic heterocycles. The Morgan fingerprint density at radius 3 is 2.82 bits per heavy atom. The van der Waals surface area contributed by atoms with E-state index in [2.05, 4.69) is 5.92 Å². The van der Waals surface area contributed by atoms with Gasteiger partial charge in [-0.1, -0.05) is 5.92 Å². The third kappa shape index (κ3) is 1.99. The van der Waals surface area contributed by atoms with Crippen molar-refractivity contribution in [2.24, 2.45) is 0 Å². The van der Waals surface area contributed by atoms with Crippen LogP contribution in [0.3, 0.4) is 0 Å². The van der Waals surface area contributed by atoms with Gasteiger partial charge in [0.15, 0.2) is 0 Å². The van der Waals surface area contributed by atoms with Crippen molar-refractivity contribution < 1.29 is 4.74 Å². The van der Waals surface area contributed by atoms with E-state index >= 15 is 0 Å². The van der Waals surface area contributed by atoms with E-state index < -0.39 is 0 Å². The monoisotopic (exact) mass is 166 g/mol. The number of hydrogen-bond acceptors (Lipinski definition) is 2. The molecule has 1 aromatic rings. The zero-order valence-corrected chi connectivity index (χ0v) is 7.44. The molecule has 0 saturated heterocycles. The summed E-state index contributed by atoms with van der Waals surface area (Å²) in [4.78, 5) is 0. The number of terminal acetylenes is 1.